The maximum absolute atomic E-state index is 12.1. The number of esters is 2. The number of ether oxygens (including phenoxy) is 3. The Labute approximate surface area is 124 Å². The summed E-state index contributed by atoms with van der Waals surface area (Å²) >= 11 is 0. The van der Waals surface area contributed by atoms with E-state index in [1.165, 1.54) is 19.1 Å². The van der Waals surface area contributed by atoms with Crippen LogP contribution in [0, 0.1) is 11.8 Å². The molecule has 0 aliphatic carbocycles. The van der Waals surface area contributed by atoms with Crippen molar-refractivity contribution in [3.8, 4) is 0 Å². The second-order valence-electron chi connectivity index (χ2n) is 6.06. The van der Waals surface area contributed by atoms with Crippen LogP contribution >= 0.6 is 0 Å². The van der Waals surface area contributed by atoms with Crippen LogP contribution in [0.5, 0.6) is 0 Å². The van der Waals surface area contributed by atoms with E-state index in [1.54, 1.807) is 20.8 Å². The van der Waals surface area contributed by atoms with Crippen molar-refractivity contribution in [2.45, 2.75) is 32.8 Å². The summed E-state index contributed by atoms with van der Waals surface area (Å²) in [5.41, 5.74) is -0.643. The van der Waals surface area contributed by atoms with Crippen LogP contribution in [-0.2, 0) is 23.8 Å². The van der Waals surface area contributed by atoms with Crippen molar-refractivity contribution in [2.24, 2.45) is 11.8 Å². The first-order valence-electron chi connectivity index (χ1n) is 6.81. The summed E-state index contributed by atoms with van der Waals surface area (Å²) in [7, 11) is 2.56. The average Bonchev–Trinajstić information content (AvgIpc) is 2.43. The van der Waals surface area contributed by atoms with E-state index in [4.69, 9.17) is 14.2 Å². The molecular formula is C14H23NO6. The van der Waals surface area contributed by atoms with Gasteiger partial charge in [0.25, 0.3) is 0 Å². The Balaban J connectivity index is 2.85. The molecule has 1 unspecified atom stereocenters. The van der Waals surface area contributed by atoms with E-state index in [2.05, 4.69) is 0 Å². The number of carbonyl (C=O) groups is 3. The standard InChI is InChI=1S/C14H23NO6/c1-14(2,3)21-13(18)15-7-9(11(16)19-4)6-10(8-15)12(17)20-5/h9-10H,6-8H2,1-5H3/t9-,10?/m0/s1. The van der Waals surface area contributed by atoms with E-state index in [0.29, 0.717) is 6.42 Å². The van der Waals surface area contributed by atoms with Crippen LogP contribution in [0.4, 0.5) is 4.79 Å². The molecule has 1 amide bonds. The van der Waals surface area contributed by atoms with Gasteiger partial charge in [0.1, 0.15) is 5.60 Å². The molecule has 0 bridgehead atoms. The number of carbonyl (C=O) groups excluding carboxylic acids is 3. The third kappa shape index (κ3) is 4.91. The van der Waals surface area contributed by atoms with Gasteiger partial charge in [-0.1, -0.05) is 0 Å². The third-order valence-electron chi connectivity index (χ3n) is 3.17. The van der Waals surface area contributed by atoms with Gasteiger partial charge >= 0.3 is 18.0 Å². The second kappa shape index (κ2) is 6.78. The van der Waals surface area contributed by atoms with Crippen LogP contribution in [0.25, 0.3) is 0 Å². The summed E-state index contributed by atoms with van der Waals surface area (Å²) in [6.07, 6.45) is -0.247. The van der Waals surface area contributed by atoms with Gasteiger partial charge in [0.15, 0.2) is 0 Å². The highest BCUT2D eigenvalue weighted by atomic mass is 16.6. The molecular weight excluding hydrogens is 278 g/mol. The van der Waals surface area contributed by atoms with Gasteiger partial charge in [-0.15, -0.1) is 0 Å². The summed E-state index contributed by atoms with van der Waals surface area (Å²) < 4.78 is 14.7. The number of likely N-dealkylation sites (tertiary alicyclic amines) is 1. The third-order valence-corrected chi connectivity index (χ3v) is 3.17. The number of amides is 1. The molecule has 1 heterocycles. The van der Waals surface area contributed by atoms with Crippen molar-refractivity contribution in [1.29, 1.82) is 0 Å². The number of methoxy groups -OCH3 is 2. The van der Waals surface area contributed by atoms with Gasteiger partial charge in [0.05, 0.1) is 26.1 Å². The molecule has 7 heteroatoms. The summed E-state index contributed by atoms with van der Waals surface area (Å²) in [5.74, 6) is -2.00. The zero-order valence-corrected chi connectivity index (χ0v) is 13.2. The molecule has 0 aromatic carbocycles. The molecule has 1 aliphatic heterocycles. The van der Waals surface area contributed by atoms with E-state index in [-0.39, 0.29) is 13.1 Å². The van der Waals surface area contributed by atoms with Crippen molar-refractivity contribution in [2.75, 3.05) is 27.3 Å². The molecule has 21 heavy (non-hydrogen) atoms. The Kier molecular flexibility index (Phi) is 5.57. The lowest BCUT2D eigenvalue weighted by atomic mass is 9.89. The minimum absolute atomic E-state index is 0.176. The van der Waals surface area contributed by atoms with Gasteiger partial charge in [0, 0.05) is 13.1 Å². The predicted molar refractivity (Wildman–Crippen MR) is 73.4 cm³/mol. The van der Waals surface area contributed by atoms with Crippen molar-refractivity contribution in [3.05, 3.63) is 0 Å². The Bertz CT molecular complexity index is 390. The van der Waals surface area contributed by atoms with Gasteiger partial charge in [-0.05, 0) is 27.2 Å². The van der Waals surface area contributed by atoms with E-state index in [0.717, 1.165) is 0 Å². The minimum atomic E-state index is -0.643. The molecule has 7 nitrogen and oxygen atoms in total. The molecule has 0 aromatic rings. The van der Waals surface area contributed by atoms with Gasteiger partial charge in [0.2, 0.25) is 0 Å². The highest BCUT2D eigenvalue weighted by Crippen LogP contribution is 2.25. The maximum Gasteiger partial charge on any atom is 0.410 e. The normalized spacial score (nSPS) is 22.4. The Morgan fingerprint density at radius 2 is 1.38 bits per heavy atom. The second-order valence-corrected chi connectivity index (χ2v) is 6.06. The largest absolute Gasteiger partial charge is 0.469 e. The fourth-order valence-corrected chi connectivity index (χ4v) is 2.25. The molecule has 1 fully saturated rings. The van der Waals surface area contributed by atoms with Crippen LogP contribution in [0.2, 0.25) is 0 Å². The van der Waals surface area contributed by atoms with Gasteiger partial charge < -0.3 is 19.1 Å². The molecule has 0 aromatic heterocycles. The lowest BCUT2D eigenvalue weighted by molar-refractivity contribution is -0.153. The zero-order valence-electron chi connectivity index (χ0n) is 13.2. The highest BCUT2D eigenvalue weighted by Gasteiger charge is 2.39. The molecule has 0 spiro atoms. The highest BCUT2D eigenvalue weighted by molar-refractivity contribution is 5.79. The van der Waals surface area contributed by atoms with E-state index in [1.807, 2.05) is 0 Å². The van der Waals surface area contributed by atoms with Crippen molar-refractivity contribution >= 4 is 18.0 Å². The number of rotatable bonds is 2. The average molecular weight is 301 g/mol. The Morgan fingerprint density at radius 3 is 1.71 bits per heavy atom. The zero-order chi connectivity index (χ0) is 16.2. The molecule has 1 aliphatic rings. The summed E-state index contributed by atoms with van der Waals surface area (Å²) in [4.78, 5) is 36.9. The van der Waals surface area contributed by atoms with Crippen LogP contribution < -0.4 is 0 Å². The fourth-order valence-electron chi connectivity index (χ4n) is 2.25. The topological polar surface area (TPSA) is 82.1 Å². The van der Waals surface area contributed by atoms with Crippen LogP contribution in [0.3, 0.4) is 0 Å². The van der Waals surface area contributed by atoms with Crippen LogP contribution in [-0.4, -0.2) is 55.8 Å². The first-order chi connectivity index (χ1) is 9.67. The van der Waals surface area contributed by atoms with E-state index in [9.17, 15) is 14.4 Å². The lowest BCUT2D eigenvalue weighted by Crippen LogP contribution is -2.50. The smallest absolute Gasteiger partial charge is 0.410 e. The molecule has 0 saturated carbocycles. The summed E-state index contributed by atoms with van der Waals surface area (Å²) in [5, 5.41) is 0. The van der Waals surface area contributed by atoms with Crippen molar-refractivity contribution < 1.29 is 28.6 Å². The van der Waals surface area contributed by atoms with Gasteiger partial charge in [-0.3, -0.25) is 9.59 Å². The quantitative estimate of drug-likeness (QED) is 0.563. The first kappa shape index (κ1) is 17.3. The lowest BCUT2D eigenvalue weighted by Gasteiger charge is -2.36. The SMILES string of the molecule is COC(=O)C1C[C@H](C(=O)OC)CN(C(=O)OC(C)(C)C)C1. The fraction of sp³-hybridized carbons (Fsp3) is 0.786. The number of piperidine rings is 1. The van der Waals surface area contributed by atoms with Crippen molar-refractivity contribution in [1.82, 2.24) is 4.90 Å². The molecule has 1 rings (SSSR count). The maximum atomic E-state index is 12.1. The van der Waals surface area contributed by atoms with E-state index >= 15 is 0 Å². The molecule has 2 atom stereocenters. The van der Waals surface area contributed by atoms with Crippen molar-refractivity contribution in [3.63, 3.8) is 0 Å². The summed E-state index contributed by atoms with van der Waals surface area (Å²) in [6.45, 7) is 5.61. The monoisotopic (exact) mass is 301 g/mol. The first-order valence-corrected chi connectivity index (χ1v) is 6.81. The minimum Gasteiger partial charge on any atom is -0.469 e. The molecule has 1 saturated heterocycles. The molecule has 120 valence electrons. The predicted octanol–water partition coefficient (Wildman–Crippen LogP) is 1.21. The molecule has 0 radical (unpaired) electrons. The van der Waals surface area contributed by atoms with E-state index < -0.39 is 35.5 Å². The Morgan fingerprint density at radius 1 is 0.952 bits per heavy atom. The van der Waals surface area contributed by atoms with Gasteiger partial charge in [-0.2, -0.15) is 0 Å². The Hall–Kier alpha value is -1.79. The number of hydrogen-bond donors (Lipinski definition) is 0. The van der Waals surface area contributed by atoms with Crippen LogP contribution in [0.15, 0.2) is 0 Å². The summed E-state index contributed by atoms with van der Waals surface area (Å²) in [6, 6.07) is 0. The number of nitrogens with zero attached hydrogens (tertiary/aromatic N) is 1. The number of hydrogen-bond acceptors (Lipinski definition) is 6. The molecule has 0 N–H and O–H groups in total. The van der Waals surface area contributed by atoms with Crippen LogP contribution in [0.1, 0.15) is 27.2 Å². The van der Waals surface area contributed by atoms with Gasteiger partial charge in [-0.25, -0.2) is 4.79 Å².